The summed E-state index contributed by atoms with van der Waals surface area (Å²) < 4.78 is 0. The van der Waals surface area contributed by atoms with Crippen molar-refractivity contribution in [1.82, 2.24) is 4.98 Å². The number of H-pyrrole nitrogens is 1. The second kappa shape index (κ2) is 7.21. The number of benzene rings is 4. The molecule has 0 fully saturated rings. The minimum atomic E-state index is 0.252. The first-order valence-electron chi connectivity index (χ1n) is 10.8. The number of hydrogen-bond acceptors (Lipinski definition) is 2. The van der Waals surface area contributed by atoms with E-state index in [2.05, 4.69) is 109 Å². The van der Waals surface area contributed by atoms with Crippen molar-refractivity contribution in [2.24, 2.45) is 0 Å². The maximum Gasteiger partial charge on any atom is 0.103 e. The smallest absolute Gasteiger partial charge is 0.103 e. The lowest BCUT2D eigenvalue weighted by atomic mass is 9.92. The van der Waals surface area contributed by atoms with Crippen LogP contribution in [0, 0.1) is 0 Å². The molecular weight excluding hydrogens is 396 g/mol. The van der Waals surface area contributed by atoms with Crippen molar-refractivity contribution in [3.05, 3.63) is 96.1 Å². The van der Waals surface area contributed by atoms with Crippen LogP contribution in [0.3, 0.4) is 0 Å². The van der Waals surface area contributed by atoms with E-state index in [1.54, 1.807) is 0 Å². The van der Waals surface area contributed by atoms with Gasteiger partial charge >= 0.3 is 0 Å². The number of aromatic amines is 1. The Hall–Kier alpha value is -3.17. The molecule has 1 aliphatic rings. The molecule has 2 heterocycles. The van der Waals surface area contributed by atoms with E-state index in [0.29, 0.717) is 5.92 Å². The van der Waals surface area contributed by atoms with Crippen molar-refractivity contribution < 1.29 is 0 Å². The molecule has 1 aromatic heterocycles. The van der Waals surface area contributed by atoms with Gasteiger partial charge in [-0.1, -0.05) is 92.3 Å². The zero-order chi connectivity index (χ0) is 20.9. The Kier molecular flexibility index (Phi) is 4.32. The maximum atomic E-state index is 3.71. The van der Waals surface area contributed by atoms with Gasteiger partial charge in [-0.2, -0.15) is 0 Å². The van der Waals surface area contributed by atoms with Crippen LogP contribution in [-0.4, -0.2) is 4.98 Å². The van der Waals surface area contributed by atoms with Crippen LogP contribution in [0.15, 0.2) is 89.8 Å². The van der Waals surface area contributed by atoms with E-state index in [1.165, 1.54) is 54.6 Å². The van der Waals surface area contributed by atoms with Gasteiger partial charge in [0, 0.05) is 16.3 Å². The van der Waals surface area contributed by atoms with Crippen molar-refractivity contribution in [2.45, 2.75) is 30.0 Å². The van der Waals surface area contributed by atoms with Crippen LogP contribution < -0.4 is 5.32 Å². The van der Waals surface area contributed by atoms with Gasteiger partial charge in [0.2, 0.25) is 0 Å². The van der Waals surface area contributed by atoms with Gasteiger partial charge in [-0.15, -0.1) is 0 Å². The molecule has 0 aliphatic carbocycles. The van der Waals surface area contributed by atoms with E-state index in [9.17, 15) is 0 Å². The van der Waals surface area contributed by atoms with Crippen molar-refractivity contribution >= 4 is 39.3 Å². The summed E-state index contributed by atoms with van der Waals surface area (Å²) in [5.41, 5.74) is 8.95. The van der Waals surface area contributed by atoms with E-state index >= 15 is 0 Å². The van der Waals surface area contributed by atoms with Crippen LogP contribution in [-0.2, 0) is 0 Å². The lowest BCUT2D eigenvalue weighted by molar-refractivity contribution is 0.869. The number of thioether (sulfide) groups is 1. The number of fused-ring (bicyclic) bond motifs is 5. The summed E-state index contributed by atoms with van der Waals surface area (Å²) in [5.74, 6) is 0.496. The highest BCUT2D eigenvalue weighted by molar-refractivity contribution is 8.00. The first-order chi connectivity index (χ1) is 15.2. The first-order valence-corrected chi connectivity index (χ1v) is 11.7. The third-order valence-corrected chi connectivity index (χ3v) is 7.53. The van der Waals surface area contributed by atoms with Gasteiger partial charge in [-0.05, 0) is 46.4 Å². The molecule has 2 nitrogen and oxygen atoms in total. The molecule has 0 spiro atoms. The largest absolute Gasteiger partial charge is 0.368 e. The quantitative estimate of drug-likeness (QED) is 0.307. The molecule has 1 aliphatic heterocycles. The van der Waals surface area contributed by atoms with E-state index in [-0.39, 0.29) is 5.37 Å². The zero-order valence-corrected chi connectivity index (χ0v) is 18.5. The monoisotopic (exact) mass is 420 g/mol. The SMILES string of the molecule is CC(C)c1ccccc1-c1ccc2[nH]c3c4c(ccc3c2c1)NC(c1ccccc1)S4. The second-order valence-electron chi connectivity index (χ2n) is 8.55. The topological polar surface area (TPSA) is 27.8 Å². The number of nitrogens with one attached hydrogen (secondary N) is 2. The Balaban J connectivity index is 1.47. The lowest BCUT2D eigenvalue weighted by Gasteiger charge is -2.13. The van der Waals surface area contributed by atoms with Crippen LogP contribution in [0.1, 0.15) is 36.3 Å². The Morgan fingerprint density at radius 3 is 2.45 bits per heavy atom. The fourth-order valence-electron chi connectivity index (χ4n) is 4.68. The minimum Gasteiger partial charge on any atom is -0.368 e. The highest BCUT2D eigenvalue weighted by Gasteiger charge is 2.26. The Bertz CT molecular complexity index is 1420. The molecule has 5 aromatic rings. The third kappa shape index (κ3) is 3.03. The number of rotatable bonds is 3. The van der Waals surface area contributed by atoms with Crippen molar-refractivity contribution in [3.8, 4) is 11.1 Å². The third-order valence-electron chi connectivity index (χ3n) is 6.25. The molecular formula is C28H24N2S. The molecule has 0 saturated heterocycles. The summed E-state index contributed by atoms with van der Waals surface area (Å²) in [7, 11) is 0. The van der Waals surface area contributed by atoms with Crippen LogP contribution >= 0.6 is 11.8 Å². The van der Waals surface area contributed by atoms with Gasteiger partial charge in [-0.25, -0.2) is 0 Å². The molecule has 1 atom stereocenters. The number of aromatic nitrogens is 1. The molecule has 3 heteroatoms. The van der Waals surface area contributed by atoms with Crippen LogP contribution in [0.5, 0.6) is 0 Å². The van der Waals surface area contributed by atoms with Gasteiger partial charge in [0.15, 0.2) is 0 Å². The molecule has 31 heavy (non-hydrogen) atoms. The average Bonchev–Trinajstić information content (AvgIpc) is 3.40. The predicted octanol–water partition coefficient (Wildman–Crippen LogP) is 8.33. The van der Waals surface area contributed by atoms with Crippen molar-refractivity contribution in [2.75, 3.05) is 5.32 Å². The maximum absolute atomic E-state index is 3.71. The average molecular weight is 421 g/mol. The molecule has 0 amide bonds. The molecule has 152 valence electrons. The minimum absolute atomic E-state index is 0.252. The number of hydrogen-bond donors (Lipinski definition) is 2. The van der Waals surface area contributed by atoms with Gasteiger partial charge < -0.3 is 10.3 Å². The fourth-order valence-corrected chi connectivity index (χ4v) is 5.92. The molecule has 2 N–H and O–H groups in total. The van der Waals surface area contributed by atoms with Crippen molar-refractivity contribution in [3.63, 3.8) is 0 Å². The highest BCUT2D eigenvalue weighted by Crippen LogP contribution is 2.50. The van der Waals surface area contributed by atoms with Crippen molar-refractivity contribution in [1.29, 1.82) is 0 Å². The fraction of sp³-hybridized carbons (Fsp3) is 0.143. The summed E-state index contributed by atoms with van der Waals surface area (Å²) >= 11 is 1.90. The summed E-state index contributed by atoms with van der Waals surface area (Å²) in [4.78, 5) is 5.02. The molecule has 0 saturated carbocycles. The molecule has 6 rings (SSSR count). The van der Waals surface area contributed by atoms with Gasteiger partial charge in [-0.3, -0.25) is 0 Å². The lowest BCUT2D eigenvalue weighted by Crippen LogP contribution is -2.00. The Morgan fingerprint density at radius 2 is 1.61 bits per heavy atom. The second-order valence-corrected chi connectivity index (χ2v) is 9.66. The summed E-state index contributed by atoms with van der Waals surface area (Å²) in [6.07, 6.45) is 0. The van der Waals surface area contributed by atoms with Gasteiger partial charge in [0.05, 0.1) is 16.1 Å². The van der Waals surface area contributed by atoms with Crippen LogP contribution in [0.2, 0.25) is 0 Å². The van der Waals surface area contributed by atoms with Gasteiger partial charge in [0.25, 0.3) is 0 Å². The van der Waals surface area contributed by atoms with E-state index < -0.39 is 0 Å². The molecule has 1 unspecified atom stereocenters. The van der Waals surface area contributed by atoms with Crippen LogP contribution in [0.25, 0.3) is 32.9 Å². The highest BCUT2D eigenvalue weighted by atomic mass is 32.2. The molecule has 0 radical (unpaired) electrons. The zero-order valence-electron chi connectivity index (χ0n) is 17.6. The standard InChI is InChI=1S/C28H24N2S/c1-17(2)20-10-6-7-11-21(20)19-12-14-24-23(16-19)22-13-15-25-27(26(22)29-24)31-28(30-25)18-8-4-3-5-9-18/h3-17,28-30H,1-2H3. The summed E-state index contributed by atoms with van der Waals surface area (Å²) in [6, 6.07) is 30.8. The van der Waals surface area contributed by atoms with Gasteiger partial charge in [0.1, 0.15) is 5.37 Å². The number of anilines is 1. The summed E-state index contributed by atoms with van der Waals surface area (Å²) in [6.45, 7) is 4.53. The predicted molar refractivity (Wildman–Crippen MR) is 134 cm³/mol. The Morgan fingerprint density at radius 1 is 0.806 bits per heavy atom. The van der Waals surface area contributed by atoms with E-state index in [0.717, 1.165) is 0 Å². The van der Waals surface area contributed by atoms with E-state index in [4.69, 9.17) is 0 Å². The van der Waals surface area contributed by atoms with Crippen LogP contribution in [0.4, 0.5) is 5.69 Å². The normalized spacial score (nSPS) is 15.5. The summed E-state index contributed by atoms with van der Waals surface area (Å²) in [5, 5.41) is 6.52. The molecule has 0 bridgehead atoms. The first kappa shape index (κ1) is 18.6. The van der Waals surface area contributed by atoms with E-state index in [1.807, 2.05) is 11.8 Å². The Labute approximate surface area is 186 Å². The molecule has 4 aromatic carbocycles.